The number of ether oxygens (including phenoxy) is 4. The second kappa shape index (κ2) is 17.8. The third-order valence-electron chi connectivity index (χ3n) is 32.6. The first-order valence-electron chi connectivity index (χ1n) is 36.0. The van der Waals surface area contributed by atoms with Crippen LogP contribution in [0.2, 0.25) is 0 Å². The molecule has 13 heteroatoms. The van der Waals surface area contributed by atoms with Gasteiger partial charge < -0.3 is 43.6 Å². The summed E-state index contributed by atoms with van der Waals surface area (Å²) in [6.45, 7) is 5.98. The number of ketones is 1. The van der Waals surface area contributed by atoms with E-state index in [0.29, 0.717) is 48.3 Å². The minimum absolute atomic E-state index is 0.0327. The summed E-state index contributed by atoms with van der Waals surface area (Å²) in [6.07, 6.45) is 33.0. The van der Waals surface area contributed by atoms with Crippen molar-refractivity contribution in [3.05, 3.63) is 95.6 Å². The van der Waals surface area contributed by atoms with E-state index >= 15 is 14.4 Å². The standard InChI is InChI=1S/C76H94N2O11/c1-66-36-47-37-73-51-33-48(70(73)27-26-69(40-70)23-9-22-68(69)20-6-7-21-68)17-25-72(73)65(84)86-41-71-59(47)74(49-13-8-12-44(31-49)30-43-10-4-3-5-11-43,61(82)58(81)60(71)67(2)24-16-50(34-51)75(71,72)89-67)76(66)63(88-76)64(83)87-62(66)53-19-29-85-57(53)35-54(56(80)39-79)45-14-15-52-46(32-45)18-28-78-42-77-38-55(52)78/h3-5,10-11,16-19,25,28-29,44-49,51-52,54-56,59-63,77,79-80,82H,6-9,12-15,20-24,26-27,30-42H2,1-2H3/t44-,45+,46+,47+,48-,49-,51+,52-,54-,55+,56+,59+,60+,61+,62-,63+,66-,67-,69-,70+,71+,72-,73-,74-,75+,76+/m0/s1. The number of epoxide rings is 1. The SMILES string of the molecule is C[C@@]12C[C@@H]3C[C@@]45[C@H]6CC7=CC[C@]8(C)O[C@@]79[C@]7(COC(=O)[C@]94C=C[C@@H](C6)[C@]54CC[C@@]5(CCCC56CCCC6)C4)[C@@H]3[C@@]([C@H]3CCC[C@@H](Cc4ccccc4)C3)([C@H](O)C(=O)[C@@H]78)[C@]13O[C@@H]3C(=O)O[C@H]2c1ccoc1C[C@@H]([C@@H]1CC[C@H]2[C@H](C=CN3CNC[C@H]23)C1)[C@H](O)CO. The maximum atomic E-state index is 17.3. The molecule has 11 aliphatic carbocycles. The Labute approximate surface area is 524 Å². The molecule has 89 heavy (non-hydrogen) atoms. The Kier molecular flexibility index (Phi) is 11.1. The largest absolute Gasteiger partial charge is 0.469 e. The lowest BCUT2D eigenvalue weighted by molar-refractivity contribution is -0.310. The van der Waals surface area contributed by atoms with Gasteiger partial charge in [-0.05, 0) is 221 Å². The van der Waals surface area contributed by atoms with Crippen LogP contribution in [0.1, 0.15) is 178 Å². The van der Waals surface area contributed by atoms with Gasteiger partial charge in [0, 0.05) is 40.8 Å². The second-order valence-corrected chi connectivity index (χ2v) is 34.5. The number of allylic oxidation sites excluding steroid dienone is 2. The molecule has 1 aromatic heterocycles. The van der Waals surface area contributed by atoms with Crippen molar-refractivity contribution >= 4 is 17.7 Å². The fourth-order valence-electron chi connectivity index (χ4n) is 30.5. The number of hydrogen-bond donors (Lipinski definition) is 4. The number of esters is 2. The van der Waals surface area contributed by atoms with Crippen LogP contribution < -0.4 is 5.32 Å². The highest BCUT2D eigenvalue weighted by molar-refractivity contribution is 5.95. The maximum Gasteiger partial charge on any atom is 0.339 e. The summed E-state index contributed by atoms with van der Waals surface area (Å²) >= 11 is 0. The molecule has 15 fully saturated rings. The van der Waals surface area contributed by atoms with Gasteiger partial charge in [0.1, 0.15) is 41.2 Å². The summed E-state index contributed by atoms with van der Waals surface area (Å²) in [5.74, 6) is -0.443. The molecule has 1 aromatic carbocycles. The Morgan fingerprint density at radius 1 is 0.865 bits per heavy atom. The lowest BCUT2D eigenvalue weighted by Gasteiger charge is -2.74. The monoisotopic (exact) mass is 1210 g/mol. The zero-order valence-corrected chi connectivity index (χ0v) is 52.5. The summed E-state index contributed by atoms with van der Waals surface area (Å²) in [7, 11) is 0. The number of fused-ring (bicyclic) bond motifs is 6. The Morgan fingerprint density at radius 3 is 2.56 bits per heavy atom. The van der Waals surface area contributed by atoms with Crippen molar-refractivity contribution in [3.8, 4) is 0 Å². The van der Waals surface area contributed by atoms with Crippen molar-refractivity contribution < 1.29 is 53.1 Å². The zero-order chi connectivity index (χ0) is 59.9. The second-order valence-electron chi connectivity index (χ2n) is 34.5. The van der Waals surface area contributed by atoms with Crippen LogP contribution in [-0.4, -0.2) is 106 Å². The molecule has 6 bridgehead atoms. The molecule has 4 N–H and O–H groups in total. The number of benzene rings is 1. The number of nitrogens with one attached hydrogen (secondary N) is 1. The van der Waals surface area contributed by atoms with Crippen molar-refractivity contribution in [2.24, 2.45) is 108 Å². The van der Waals surface area contributed by atoms with Gasteiger partial charge >= 0.3 is 11.9 Å². The average molecular weight is 1210 g/mol. The summed E-state index contributed by atoms with van der Waals surface area (Å²) in [4.78, 5) is 52.5. The van der Waals surface area contributed by atoms with E-state index in [1.165, 1.54) is 62.5 Å². The van der Waals surface area contributed by atoms with Crippen LogP contribution in [0, 0.1) is 108 Å². The summed E-state index contributed by atoms with van der Waals surface area (Å²) in [6, 6.07) is 13.3. The summed E-state index contributed by atoms with van der Waals surface area (Å²) in [5.41, 5.74) is -5.34. The number of aliphatic hydroxyl groups is 3. The number of furan rings is 1. The molecule has 2 aromatic rings. The molecule has 18 aliphatic rings. The van der Waals surface area contributed by atoms with E-state index in [0.717, 1.165) is 102 Å². The Hall–Kier alpha value is -4.11. The van der Waals surface area contributed by atoms with Crippen LogP contribution in [-0.2, 0) is 46.2 Å². The quantitative estimate of drug-likeness (QED) is 0.106. The molecular formula is C76H94N2O11. The van der Waals surface area contributed by atoms with Gasteiger partial charge in [-0.25, -0.2) is 4.79 Å². The molecule has 0 unspecified atom stereocenters. The van der Waals surface area contributed by atoms with Gasteiger partial charge in [-0.15, -0.1) is 0 Å². The topological polar surface area (TPSA) is 181 Å². The highest BCUT2D eigenvalue weighted by atomic mass is 16.7. The predicted molar refractivity (Wildman–Crippen MR) is 326 cm³/mol. The minimum Gasteiger partial charge on any atom is -0.469 e. The van der Waals surface area contributed by atoms with Gasteiger partial charge in [0.05, 0.1) is 42.6 Å². The molecule has 8 spiro atoms. The van der Waals surface area contributed by atoms with Crippen molar-refractivity contribution in [1.82, 2.24) is 10.2 Å². The van der Waals surface area contributed by atoms with Crippen LogP contribution >= 0.6 is 0 Å². The number of aliphatic hydroxyl groups excluding tert-OH is 3. The minimum atomic E-state index is -1.51. The molecule has 7 aliphatic heterocycles. The average Bonchev–Trinajstić information content (AvgIpc) is 1.43. The molecular weight excluding hydrogens is 1120 g/mol. The fraction of sp³-hybridized carbons (Fsp3) is 0.750. The Balaban J connectivity index is 0.799. The van der Waals surface area contributed by atoms with Crippen molar-refractivity contribution in [2.45, 2.75) is 215 Å². The lowest BCUT2D eigenvalue weighted by atomic mass is 9.28. The molecule has 5 saturated heterocycles. The van der Waals surface area contributed by atoms with Crippen LogP contribution in [0.25, 0.3) is 0 Å². The van der Waals surface area contributed by atoms with E-state index in [4.69, 9.17) is 23.4 Å². The van der Waals surface area contributed by atoms with Gasteiger partial charge in [-0.2, -0.15) is 0 Å². The van der Waals surface area contributed by atoms with Crippen LogP contribution in [0.5, 0.6) is 0 Å². The normalized spacial score (nSPS) is 53.7. The van der Waals surface area contributed by atoms with Crippen LogP contribution in [0.3, 0.4) is 0 Å². The molecule has 10 saturated carbocycles. The van der Waals surface area contributed by atoms with Crippen molar-refractivity contribution in [3.63, 3.8) is 0 Å². The number of hydrogen-bond acceptors (Lipinski definition) is 13. The van der Waals surface area contributed by atoms with E-state index in [-0.39, 0.29) is 77.2 Å². The first-order chi connectivity index (χ1) is 43.1. The van der Waals surface area contributed by atoms with Gasteiger partial charge in [0.2, 0.25) is 0 Å². The number of carbonyl (C=O) groups is 3. The molecule has 26 atom stereocenters. The highest BCUT2D eigenvalue weighted by Gasteiger charge is 3.01. The molecule has 474 valence electrons. The van der Waals surface area contributed by atoms with Gasteiger partial charge in [-0.1, -0.05) is 93.7 Å². The number of Topliss-reactive ketones (excluding diaryl/α,β-unsaturated/α-hetero) is 1. The third kappa shape index (κ3) is 5.93. The van der Waals surface area contributed by atoms with E-state index < -0.39 is 86.1 Å². The molecule has 13 nitrogen and oxygen atoms in total. The van der Waals surface area contributed by atoms with Crippen molar-refractivity contribution in [2.75, 3.05) is 26.4 Å². The van der Waals surface area contributed by atoms with Crippen molar-refractivity contribution in [1.29, 1.82) is 0 Å². The van der Waals surface area contributed by atoms with Crippen LogP contribution in [0.15, 0.2) is 83.2 Å². The number of carbonyl (C=O) groups excluding carboxylic acids is 3. The van der Waals surface area contributed by atoms with Gasteiger partial charge in [0.15, 0.2) is 11.9 Å². The Bertz CT molecular complexity index is 3470. The van der Waals surface area contributed by atoms with E-state index in [9.17, 15) is 15.3 Å². The number of nitrogens with zero attached hydrogens (tertiary/aromatic N) is 1. The smallest absolute Gasteiger partial charge is 0.339 e. The molecule has 0 radical (unpaired) electrons. The Morgan fingerprint density at radius 2 is 1.71 bits per heavy atom. The molecule has 20 rings (SSSR count). The van der Waals surface area contributed by atoms with E-state index in [2.05, 4.69) is 84.9 Å². The fourth-order valence-corrected chi connectivity index (χ4v) is 30.5. The maximum absolute atomic E-state index is 17.3. The van der Waals surface area contributed by atoms with Gasteiger partial charge in [-0.3, -0.25) is 14.9 Å². The molecule has 0 amide bonds. The zero-order valence-electron chi connectivity index (χ0n) is 52.5. The first-order valence-corrected chi connectivity index (χ1v) is 36.0. The number of cyclic esters (lactones) is 2. The summed E-state index contributed by atoms with van der Waals surface area (Å²) < 4.78 is 37.4. The third-order valence-corrected chi connectivity index (χ3v) is 32.6. The predicted octanol–water partition coefficient (Wildman–Crippen LogP) is 10.8. The van der Waals surface area contributed by atoms with Crippen LogP contribution in [0.4, 0.5) is 0 Å². The lowest BCUT2D eigenvalue weighted by Crippen LogP contribution is -2.84. The molecule has 8 heterocycles. The van der Waals surface area contributed by atoms with E-state index in [1.807, 2.05) is 6.07 Å². The number of rotatable bonds is 9. The highest BCUT2D eigenvalue weighted by Crippen LogP contribution is 2.96. The van der Waals surface area contributed by atoms with E-state index in [1.54, 1.807) is 6.26 Å². The first kappa shape index (κ1) is 55.4. The van der Waals surface area contributed by atoms with Gasteiger partial charge in [0.25, 0.3) is 0 Å². The summed E-state index contributed by atoms with van der Waals surface area (Å²) in [5, 5.41) is 41.4.